The summed E-state index contributed by atoms with van der Waals surface area (Å²) in [5, 5.41) is 17.3. The lowest BCUT2D eigenvalue weighted by Crippen LogP contribution is -2.45. The molecule has 8 heteroatoms. The van der Waals surface area contributed by atoms with E-state index in [1.54, 1.807) is 23.1 Å². The number of thiophene rings is 1. The average molecular weight is 344 g/mol. The molecule has 1 aliphatic heterocycles. The van der Waals surface area contributed by atoms with Crippen molar-refractivity contribution in [2.75, 3.05) is 13.7 Å². The number of rotatable bonds is 5. The quantitative estimate of drug-likeness (QED) is 0.706. The Bertz CT molecular complexity index is 809. The molecule has 0 aliphatic carbocycles. The average Bonchev–Trinajstić information content (AvgIpc) is 3.29. The first-order valence-corrected chi connectivity index (χ1v) is 8.84. The van der Waals surface area contributed by atoms with Crippen LogP contribution in [0.1, 0.15) is 11.3 Å². The maximum Gasteiger partial charge on any atom is 0.120 e. The van der Waals surface area contributed by atoms with Gasteiger partial charge >= 0.3 is 0 Å². The molecule has 0 unspecified atom stereocenters. The lowest BCUT2D eigenvalue weighted by atomic mass is 10.1. The van der Waals surface area contributed by atoms with E-state index in [4.69, 9.17) is 4.74 Å². The van der Waals surface area contributed by atoms with Crippen molar-refractivity contribution in [3.8, 4) is 11.3 Å². The summed E-state index contributed by atoms with van der Waals surface area (Å²) < 4.78 is 9.23. The fourth-order valence-corrected chi connectivity index (χ4v) is 3.85. The molecule has 0 bridgehead atoms. The van der Waals surface area contributed by atoms with Gasteiger partial charge in [-0.2, -0.15) is 16.4 Å². The van der Waals surface area contributed by atoms with E-state index in [2.05, 4.69) is 37.1 Å². The van der Waals surface area contributed by atoms with Crippen LogP contribution in [0.3, 0.4) is 0 Å². The van der Waals surface area contributed by atoms with Crippen molar-refractivity contribution in [1.82, 2.24) is 29.7 Å². The first kappa shape index (κ1) is 15.5. The largest absolute Gasteiger partial charge is 0.383 e. The van der Waals surface area contributed by atoms with Crippen LogP contribution >= 0.6 is 11.3 Å². The van der Waals surface area contributed by atoms with E-state index < -0.39 is 0 Å². The first-order chi connectivity index (χ1) is 11.7. The summed E-state index contributed by atoms with van der Waals surface area (Å²) in [6.07, 6.45) is 3.82. The molecule has 0 saturated heterocycles. The van der Waals surface area contributed by atoms with Crippen molar-refractivity contribution in [2.24, 2.45) is 7.05 Å². The van der Waals surface area contributed by atoms with E-state index in [1.807, 2.05) is 24.1 Å². The smallest absolute Gasteiger partial charge is 0.120 e. The summed E-state index contributed by atoms with van der Waals surface area (Å²) in [7, 11) is 3.66. The monoisotopic (exact) mass is 344 g/mol. The molecule has 0 saturated carbocycles. The lowest BCUT2D eigenvalue weighted by Gasteiger charge is -2.35. The minimum absolute atomic E-state index is 0.297. The van der Waals surface area contributed by atoms with E-state index in [1.165, 1.54) is 5.56 Å². The number of ether oxygens (including phenoxy) is 1. The summed E-state index contributed by atoms with van der Waals surface area (Å²) in [6, 6.07) is 2.48. The number of aromatic nitrogens is 5. The number of hydrogen-bond donors (Lipinski definition) is 0. The zero-order valence-electron chi connectivity index (χ0n) is 13.8. The van der Waals surface area contributed by atoms with Gasteiger partial charge in [-0.3, -0.25) is 9.58 Å². The molecule has 0 radical (unpaired) electrons. The van der Waals surface area contributed by atoms with Gasteiger partial charge in [-0.25, -0.2) is 4.68 Å². The van der Waals surface area contributed by atoms with Crippen LogP contribution in [0.5, 0.6) is 0 Å². The van der Waals surface area contributed by atoms with Crippen molar-refractivity contribution in [3.63, 3.8) is 0 Å². The van der Waals surface area contributed by atoms with Crippen LogP contribution in [0, 0.1) is 0 Å². The van der Waals surface area contributed by atoms with Crippen LogP contribution in [0.25, 0.3) is 11.3 Å². The predicted molar refractivity (Wildman–Crippen MR) is 91.5 cm³/mol. The molecule has 4 rings (SSSR count). The maximum atomic E-state index is 5.43. The Labute approximate surface area is 144 Å². The molecule has 4 heterocycles. The molecule has 126 valence electrons. The summed E-state index contributed by atoms with van der Waals surface area (Å²) in [5.41, 5.74) is 4.42. The Morgan fingerprint density at radius 3 is 3.04 bits per heavy atom. The second-order valence-corrected chi connectivity index (χ2v) is 6.90. The van der Waals surface area contributed by atoms with Gasteiger partial charge < -0.3 is 4.74 Å². The van der Waals surface area contributed by atoms with Gasteiger partial charge in [0.1, 0.15) is 5.69 Å². The fourth-order valence-electron chi connectivity index (χ4n) is 3.19. The third-order valence-electron chi connectivity index (χ3n) is 4.39. The summed E-state index contributed by atoms with van der Waals surface area (Å²) in [6.45, 7) is 3.20. The Morgan fingerprint density at radius 1 is 1.42 bits per heavy atom. The standard InChI is InChI=1S/C16H20N6OS/c1-20-7-13(5-17-20)16-15-9-21(6-12-3-4-24-11-12)14(10-23-2)8-22(15)19-18-16/h3-5,7,11,14H,6,8-10H2,1-2H3/t14-/m1/s1. The minimum Gasteiger partial charge on any atom is -0.383 e. The van der Waals surface area contributed by atoms with Crippen LogP contribution in [-0.2, 0) is 31.4 Å². The molecule has 1 atom stereocenters. The van der Waals surface area contributed by atoms with Crippen molar-refractivity contribution < 1.29 is 4.74 Å². The van der Waals surface area contributed by atoms with Gasteiger partial charge in [0.25, 0.3) is 0 Å². The molecule has 3 aromatic heterocycles. The molecule has 0 fully saturated rings. The van der Waals surface area contributed by atoms with Crippen molar-refractivity contribution in [1.29, 1.82) is 0 Å². The van der Waals surface area contributed by atoms with Crippen molar-refractivity contribution >= 4 is 11.3 Å². The maximum absolute atomic E-state index is 5.43. The van der Waals surface area contributed by atoms with E-state index in [0.29, 0.717) is 12.6 Å². The van der Waals surface area contributed by atoms with Gasteiger partial charge in [-0.1, -0.05) is 5.21 Å². The Kier molecular flexibility index (Phi) is 4.17. The number of hydrogen-bond acceptors (Lipinski definition) is 6. The number of nitrogens with zero attached hydrogens (tertiary/aromatic N) is 6. The summed E-state index contributed by atoms with van der Waals surface area (Å²) in [4.78, 5) is 2.45. The molecule has 0 aromatic carbocycles. The van der Waals surface area contributed by atoms with Crippen LogP contribution in [0.4, 0.5) is 0 Å². The van der Waals surface area contributed by atoms with Crippen molar-refractivity contribution in [3.05, 3.63) is 40.5 Å². The van der Waals surface area contributed by atoms with Crippen LogP contribution < -0.4 is 0 Å². The first-order valence-electron chi connectivity index (χ1n) is 7.90. The van der Waals surface area contributed by atoms with E-state index in [9.17, 15) is 0 Å². The molecule has 7 nitrogen and oxygen atoms in total. The van der Waals surface area contributed by atoms with Gasteiger partial charge in [-0.05, 0) is 22.4 Å². The molecule has 3 aromatic rings. The molecular weight excluding hydrogens is 324 g/mol. The SMILES string of the molecule is COC[C@H]1Cn2nnc(-c3cnn(C)c3)c2CN1Cc1ccsc1. The summed E-state index contributed by atoms with van der Waals surface area (Å²) in [5.74, 6) is 0. The van der Waals surface area contributed by atoms with Gasteiger partial charge in [0.15, 0.2) is 0 Å². The highest BCUT2D eigenvalue weighted by Gasteiger charge is 2.30. The van der Waals surface area contributed by atoms with Gasteiger partial charge in [0.05, 0.1) is 31.1 Å². The zero-order chi connectivity index (χ0) is 16.5. The van der Waals surface area contributed by atoms with E-state index in [0.717, 1.165) is 36.6 Å². The van der Waals surface area contributed by atoms with Crippen molar-refractivity contribution in [2.45, 2.75) is 25.7 Å². The van der Waals surface area contributed by atoms with Gasteiger partial charge in [-0.15, -0.1) is 5.10 Å². The van der Waals surface area contributed by atoms with Crippen LogP contribution in [-0.4, -0.2) is 49.4 Å². The molecular formula is C16H20N6OS. The second-order valence-electron chi connectivity index (χ2n) is 6.12. The third-order valence-corrected chi connectivity index (χ3v) is 5.13. The highest BCUT2D eigenvalue weighted by Crippen LogP contribution is 2.27. The van der Waals surface area contributed by atoms with E-state index >= 15 is 0 Å². The highest BCUT2D eigenvalue weighted by molar-refractivity contribution is 7.07. The van der Waals surface area contributed by atoms with Crippen LogP contribution in [0.15, 0.2) is 29.2 Å². The second kappa shape index (κ2) is 6.46. The minimum atomic E-state index is 0.297. The molecule has 0 N–H and O–H groups in total. The Hall–Kier alpha value is -2.03. The predicted octanol–water partition coefficient (Wildman–Crippen LogP) is 1.77. The lowest BCUT2D eigenvalue weighted by molar-refractivity contribution is 0.0504. The Balaban J connectivity index is 1.64. The van der Waals surface area contributed by atoms with Crippen LogP contribution in [0.2, 0.25) is 0 Å². The van der Waals surface area contributed by atoms with Gasteiger partial charge in [0, 0.05) is 39.0 Å². The number of aryl methyl sites for hydroxylation is 1. The fraction of sp³-hybridized carbons (Fsp3) is 0.438. The summed E-state index contributed by atoms with van der Waals surface area (Å²) >= 11 is 1.73. The number of fused-ring (bicyclic) bond motifs is 1. The number of methoxy groups -OCH3 is 1. The molecule has 24 heavy (non-hydrogen) atoms. The molecule has 0 amide bonds. The van der Waals surface area contributed by atoms with Gasteiger partial charge in [0.2, 0.25) is 0 Å². The van der Waals surface area contributed by atoms with E-state index in [-0.39, 0.29) is 0 Å². The topological polar surface area (TPSA) is 61.0 Å². The molecule has 0 spiro atoms. The normalized spacial score (nSPS) is 18.0. The highest BCUT2D eigenvalue weighted by atomic mass is 32.1. The third kappa shape index (κ3) is 2.88. The Morgan fingerprint density at radius 2 is 2.33 bits per heavy atom. The zero-order valence-corrected chi connectivity index (χ0v) is 14.6. The molecule has 1 aliphatic rings.